The van der Waals surface area contributed by atoms with Gasteiger partial charge in [0.25, 0.3) is 11.8 Å². The Balaban J connectivity index is 1.57. The third-order valence-corrected chi connectivity index (χ3v) is 7.10. The minimum absolute atomic E-state index is 0.337. The van der Waals surface area contributed by atoms with Gasteiger partial charge in [-0.3, -0.25) is 14.5 Å². The van der Waals surface area contributed by atoms with Crippen LogP contribution in [-0.4, -0.2) is 39.3 Å². The lowest BCUT2D eigenvalue weighted by Crippen LogP contribution is -2.62. The molecule has 132 valence electrons. The fourth-order valence-electron chi connectivity index (χ4n) is 6.72. The molecular weight excluding hydrogens is 318 g/mol. The Morgan fingerprint density at radius 2 is 1.32 bits per heavy atom. The van der Waals surface area contributed by atoms with E-state index in [1.54, 1.807) is 24.3 Å². The SMILES string of the molecule is O=C1c2ccccc2C(=O)N1[C@@H](C(O)O)C12CC3CC(CC(C3)C1)C2. The maximum absolute atomic E-state index is 12.9. The van der Waals surface area contributed by atoms with Crippen molar-refractivity contribution in [3.8, 4) is 0 Å². The maximum Gasteiger partial charge on any atom is 0.262 e. The van der Waals surface area contributed by atoms with Gasteiger partial charge in [0.1, 0.15) is 0 Å². The zero-order chi connectivity index (χ0) is 17.3. The average Bonchev–Trinajstić information content (AvgIpc) is 2.79. The Labute approximate surface area is 146 Å². The summed E-state index contributed by atoms with van der Waals surface area (Å²) in [6.07, 6.45) is 4.65. The third-order valence-electron chi connectivity index (χ3n) is 7.10. The van der Waals surface area contributed by atoms with Crippen molar-refractivity contribution in [2.24, 2.45) is 23.2 Å². The monoisotopic (exact) mass is 341 g/mol. The first-order valence-corrected chi connectivity index (χ1v) is 9.31. The quantitative estimate of drug-likeness (QED) is 0.652. The smallest absolute Gasteiger partial charge is 0.262 e. The Morgan fingerprint density at radius 1 is 0.880 bits per heavy atom. The molecule has 0 radical (unpaired) electrons. The molecule has 4 fully saturated rings. The predicted octanol–water partition coefficient (Wildman–Crippen LogP) is 2.18. The largest absolute Gasteiger partial charge is 0.366 e. The number of amides is 2. The Kier molecular flexibility index (Phi) is 3.20. The average molecular weight is 341 g/mol. The topological polar surface area (TPSA) is 77.8 Å². The molecule has 4 saturated carbocycles. The number of benzene rings is 1. The van der Waals surface area contributed by atoms with Gasteiger partial charge in [-0.15, -0.1) is 0 Å². The van der Waals surface area contributed by atoms with E-state index in [1.807, 2.05) is 0 Å². The van der Waals surface area contributed by atoms with Crippen LogP contribution >= 0.6 is 0 Å². The molecule has 1 aromatic carbocycles. The lowest BCUT2D eigenvalue weighted by molar-refractivity contribution is -0.170. The number of fused-ring (bicyclic) bond motifs is 1. The highest BCUT2D eigenvalue weighted by atomic mass is 16.5. The molecule has 25 heavy (non-hydrogen) atoms. The summed E-state index contributed by atoms with van der Waals surface area (Å²) in [6, 6.07) is 5.94. The van der Waals surface area contributed by atoms with Crippen LogP contribution in [-0.2, 0) is 0 Å². The van der Waals surface area contributed by atoms with Crippen LogP contribution in [0.15, 0.2) is 24.3 Å². The van der Waals surface area contributed by atoms with Gasteiger partial charge in [-0.25, -0.2) is 0 Å². The van der Waals surface area contributed by atoms with Crippen molar-refractivity contribution in [2.45, 2.75) is 50.9 Å². The van der Waals surface area contributed by atoms with Gasteiger partial charge in [-0.05, 0) is 73.8 Å². The summed E-state index contributed by atoms with van der Waals surface area (Å²) >= 11 is 0. The van der Waals surface area contributed by atoms with Gasteiger partial charge in [-0.1, -0.05) is 12.1 Å². The van der Waals surface area contributed by atoms with E-state index >= 15 is 0 Å². The fraction of sp³-hybridized carbons (Fsp3) is 0.600. The van der Waals surface area contributed by atoms with Crippen molar-refractivity contribution >= 4 is 11.8 Å². The molecule has 0 unspecified atom stereocenters. The van der Waals surface area contributed by atoms with Crippen molar-refractivity contribution in [1.82, 2.24) is 4.90 Å². The second-order valence-electron chi connectivity index (χ2n) is 8.66. The molecule has 5 heteroatoms. The van der Waals surface area contributed by atoms with E-state index in [4.69, 9.17) is 0 Å². The van der Waals surface area contributed by atoms with Crippen LogP contribution in [0.3, 0.4) is 0 Å². The molecule has 1 heterocycles. The minimum atomic E-state index is -1.70. The summed E-state index contributed by atoms with van der Waals surface area (Å²) in [6.45, 7) is 0. The van der Waals surface area contributed by atoms with Crippen LogP contribution in [0.25, 0.3) is 0 Å². The van der Waals surface area contributed by atoms with Crippen LogP contribution in [0.2, 0.25) is 0 Å². The number of aliphatic hydroxyl groups excluding tert-OH is 1. The number of hydrogen-bond donors (Lipinski definition) is 2. The van der Waals surface area contributed by atoms with Gasteiger partial charge in [0, 0.05) is 0 Å². The first-order valence-electron chi connectivity index (χ1n) is 9.31. The highest BCUT2D eigenvalue weighted by Crippen LogP contribution is 2.62. The first kappa shape index (κ1) is 15.5. The molecule has 6 rings (SSSR count). The normalized spacial score (nSPS) is 37.1. The molecular formula is C20H23NO4. The van der Waals surface area contributed by atoms with Gasteiger partial charge in [0.15, 0.2) is 6.29 Å². The number of carbonyl (C=O) groups is 2. The summed E-state index contributed by atoms with van der Waals surface area (Å²) in [5.74, 6) is 1.04. The second-order valence-corrected chi connectivity index (χ2v) is 8.66. The van der Waals surface area contributed by atoms with Crippen molar-refractivity contribution in [2.75, 3.05) is 0 Å². The molecule has 0 spiro atoms. The van der Waals surface area contributed by atoms with Crippen LogP contribution in [0.1, 0.15) is 59.2 Å². The first-order chi connectivity index (χ1) is 12.0. The summed E-state index contributed by atoms with van der Waals surface area (Å²) in [7, 11) is 0. The number of carbonyl (C=O) groups excluding carboxylic acids is 2. The van der Waals surface area contributed by atoms with E-state index in [0.29, 0.717) is 28.9 Å². The van der Waals surface area contributed by atoms with Gasteiger partial charge >= 0.3 is 0 Å². The van der Waals surface area contributed by atoms with Crippen molar-refractivity contribution in [3.05, 3.63) is 35.4 Å². The zero-order valence-corrected chi connectivity index (χ0v) is 14.1. The van der Waals surface area contributed by atoms with Gasteiger partial charge in [0.05, 0.1) is 17.2 Å². The van der Waals surface area contributed by atoms with E-state index in [0.717, 1.165) is 19.3 Å². The number of hydrogen-bond acceptors (Lipinski definition) is 4. The summed E-state index contributed by atoms with van der Waals surface area (Å²) in [5.41, 5.74) is 0.418. The van der Waals surface area contributed by atoms with E-state index in [2.05, 4.69) is 0 Å². The van der Waals surface area contributed by atoms with Crippen molar-refractivity contribution < 1.29 is 19.8 Å². The Morgan fingerprint density at radius 3 is 1.72 bits per heavy atom. The van der Waals surface area contributed by atoms with E-state index in [-0.39, 0.29) is 17.2 Å². The molecule has 2 N–H and O–H groups in total. The highest BCUT2D eigenvalue weighted by molar-refractivity contribution is 6.21. The molecule has 2 amide bonds. The third kappa shape index (κ3) is 2.09. The molecule has 5 nitrogen and oxygen atoms in total. The van der Waals surface area contributed by atoms with E-state index in [9.17, 15) is 19.8 Å². The summed E-state index contributed by atoms with van der Waals surface area (Å²) in [5, 5.41) is 20.5. The number of nitrogens with zero attached hydrogens (tertiary/aromatic N) is 1. The number of imide groups is 1. The van der Waals surface area contributed by atoms with Crippen LogP contribution in [0.4, 0.5) is 0 Å². The van der Waals surface area contributed by atoms with E-state index in [1.165, 1.54) is 24.2 Å². The summed E-state index contributed by atoms with van der Waals surface area (Å²) < 4.78 is 0. The molecule has 0 aromatic heterocycles. The number of rotatable bonds is 3. The second kappa shape index (κ2) is 5.15. The zero-order valence-electron chi connectivity index (χ0n) is 14.1. The number of aliphatic hydroxyl groups is 2. The summed E-state index contributed by atoms with van der Waals surface area (Å²) in [4.78, 5) is 27.0. The molecule has 1 aromatic rings. The van der Waals surface area contributed by atoms with Gasteiger partial charge in [-0.2, -0.15) is 0 Å². The molecule has 5 aliphatic rings. The Bertz CT molecular complexity index is 686. The lowest BCUT2D eigenvalue weighted by Gasteiger charge is -2.60. The lowest BCUT2D eigenvalue weighted by atomic mass is 9.47. The van der Waals surface area contributed by atoms with Crippen LogP contribution < -0.4 is 0 Å². The molecule has 4 bridgehead atoms. The van der Waals surface area contributed by atoms with Crippen LogP contribution in [0.5, 0.6) is 0 Å². The molecule has 0 saturated heterocycles. The van der Waals surface area contributed by atoms with Crippen molar-refractivity contribution in [3.63, 3.8) is 0 Å². The molecule has 1 aliphatic heterocycles. The van der Waals surface area contributed by atoms with Gasteiger partial charge in [0.2, 0.25) is 0 Å². The van der Waals surface area contributed by atoms with Crippen LogP contribution in [0, 0.1) is 23.2 Å². The van der Waals surface area contributed by atoms with E-state index < -0.39 is 12.3 Å². The predicted molar refractivity (Wildman–Crippen MR) is 89.6 cm³/mol. The standard InChI is InChI=1S/C20H23NO4/c22-17-14-3-1-2-4-15(14)18(23)21(17)16(19(24)25)20-8-11-5-12(9-20)7-13(6-11)10-20/h1-4,11-13,16,19,24-25H,5-10H2/t11?,12?,13?,16-,20?/m0/s1. The van der Waals surface area contributed by atoms with Crippen molar-refractivity contribution in [1.29, 1.82) is 0 Å². The molecule has 1 atom stereocenters. The highest BCUT2D eigenvalue weighted by Gasteiger charge is 2.59. The minimum Gasteiger partial charge on any atom is -0.366 e. The fourth-order valence-corrected chi connectivity index (χ4v) is 6.72. The maximum atomic E-state index is 12.9. The Hall–Kier alpha value is -1.72. The van der Waals surface area contributed by atoms with Gasteiger partial charge < -0.3 is 10.2 Å². The molecule has 4 aliphatic carbocycles.